The average molecular weight is 714 g/mol. The number of hydrogen-bond acceptors (Lipinski definition) is 9. The lowest BCUT2D eigenvalue weighted by atomic mass is 9.97. The van der Waals surface area contributed by atoms with Gasteiger partial charge < -0.3 is 29.3 Å². The zero-order valence-corrected chi connectivity index (χ0v) is 28.1. The Labute approximate surface area is 291 Å². The molecule has 2 atom stereocenters. The zero-order valence-electron chi connectivity index (χ0n) is 26.6. The van der Waals surface area contributed by atoms with E-state index in [9.17, 15) is 14.7 Å². The normalized spacial score (nSPS) is 16.0. The molecule has 49 heavy (non-hydrogen) atoms. The Bertz CT molecular complexity index is 1900. The van der Waals surface area contributed by atoms with E-state index < -0.39 is 42.3 Å². The van der Waals surface area contributed by atoms with Crippen LogP contribution in [-0.4, -0.2) is 96.0 Å². The van der Waals surface area contributed by atoms with Gasteiger partial charge >= 0.3 is 6.09 Å². The molecule has 11 nitrogen and oxygen atoms in total. The third kappa shape index (κ3) is 7.46. The second-order valence-electron chi connectivity index (χ2n) is 11.3. The molecule has 4 aromatic rings. The van der Waals surface area contributed by atoms with Crippen molar-refractivity contribution in [2.24, 2.45) is 0 Å². The van der Waals surface area contributed by atoms with Gasteiger partial charge in [0.2, 0.25) is 11.2 Å². The van der Waals surface area contributed by atoms with Crippen LogP contribution >= 0.6 is 23.2 Å². The molecule has 2 heterocycles. The molecular weight excluding hydrogens is 681 g/mol. The second kappa shape index (κ2) is 15.6. The smallest absolute Gasteiger partial charge is 0.411 e. The number of aliphatic hydroxyl groups excluding tert-OH is 1. The zero-order chi connectivity index (χ0) is 35.2. The molecule has 1 aliphatic heterocycles. The van der Waals surface area contributed by atoms with E-state index in [2.05, 4.69) is 9.97 Å². The first-order valence-corrected chi connectivity index (χ1v) is 16.0. The number of rotatable bonds is 10. The van der Waals surface area contributed by atoms with E-state index in [4.69, 9.17) is 37.9 Å². The van der Waals surface area contributed by atoms with Crippen molar-refractivity contribution in [3.8, 4) is 22.9 Å². The molecule has 1 fully saturated rings. The van der Waals surface area contributed by atoms with Gasteiger partial charge in [0, 0.05) is 37.7 Å². The Kier molecular flexibility index (Phi) is 11.3. The third-order valence-electron chi connectivity index (χ3n) is 8.27. The van der Waals surface area contributed by atoms with E-state index >= 15 is 8.78 Å². The molecule has 2 unspecified atom stereocenters. The number of aliphatic hydroxyl groups is 1. The number of carbonyl (C=O) groups excluding carboxylic acids is 2. The molecule has 3 aromatic carbocycles. The number of ether oxygens (including phenoxy) is 2. The first kappa shape index (κ1) is 35.5. The molecule has 1 saturated heterocycles. The van der Waals surface area contributed by atoms with Crippen LogP contribution in [0.2, 0.25) is 10.3 Å². The molecule has 256 valence electrons. The van der Waals surface area contributed by atoms with E-state index in [1.54, 1.807) is 18.0 Å². The Morgan fingerprint density at radius 2 is 1.86 bits per heavy atom. The van der Waals surface area contributed by atoms with E-state index in [-0.39, 0.29) is 70.1 Å². The predicted octanol–water partition coefficient (Wildman–Crippen LogP) is 5.49. The van der Waals surface area contributed by atoms with Crippen LogP contribution in [0.3, 0.4) is 0 Å². The van der Waals surface area contributed by atoms with Crippen molar-refractivity contribution in [1.29, 1.82) is 5.26 Å². The average Bonchev–Trinajstić information content (AvgIpc) is 3.10. The summed E-state index contributed by atoms with van der Waals surface area (Å²) < 4.78 is 42.2. The number of nitrogens with zero attached hydrogens (tertiary/aromatic N) is 6. The Balaban J connectivity index is 1.69. The molecule has 1 aromatic heterocycles. The predicted molar refractivity (Wildman–Crippen MR) is 180 cm³/mol. The fourth-order valence-corrected chi connectivity index (χ4v) is 6.44. The highest BCUT2D eigenvalue weighted by molar-refractivity contribution is 6.35. The van der Waals surface area contributed by atoms with Crippen LogP contribution in [0.15, 0.2) is 54.6 Å². The summed E-state index contributed by atoms with van der Waals surface area (Å²) >= 11 is 13.1. The van der Waals surface area contributed by atoms with Crippen LogP contribution in [0, 0.1) is 23.0 Å². The van der Waals surface area contributed by atoms with Crippen molar-refractivity contribution in [2.75, 3.05) is 51.9 Å². The largest absolute Gasteiger partial charge is 0.496 e. The minimum absolute atomic E-state index is 0.00857. The Morgan fingerprint density at radius 1 is 1.10 bits per heavy atom. The van der Waals surface area contributed by atoms with Crippen LogP contribution in [0.1, 0.15) is 12.0 Å². The number of hydrogen-bond donors (Lipinski definition) is 1. The second-order valence-corrected chi connectivity index (χ2v) is 12.0. The van der Waals surface area contributed by atoms with Crippen molar-refractivity contribution in [2.45, 2.75) is 24.9 Å². The third-order valence-corrected chi connectivity index (χ3v) is 8.74. The van der Waals surface area contributed by atoms with Gasteiger partial charge in [0.1, 0.15) is 35.0 Å². The molecule has 0 radical (unpaired) electrons. The van der Waals surface area contributed by atoms with Crippen LogP contribution in [0.5, 0.6) is 5.75 Å². The summed E-state index contributed by atoms with van der Waals surface area (Å²) in [6, 6.07) is 14.8. The molecule has 1 aliphatic rings. The van der Waals surface area contributed by atoms with Gasteiger partial charge in [-0.1, -0.05) is 48.0 Å². The van der Waals surface area contributed by atoms with Gasteiger partial charge in [0.25, 0.3) is 0 Å². The minimum Gasteiger partial charge on any atom is -0.496 e. The standard InChI is InChI=1S/C34H32Cl2F2N6O5/c1-42(13-7-14-45)32(46)25-19-43(34(47)49-15-12-39)21(16-20-8-4-3-5-9-20)18-44(25)31-22-17-23(35)27(29(38)30(22)40-33(36)41-31)28-24(37)10-6-11-26(28)48-2/h3-6,8-11,17,21,25,45H,7,13-16,18-19H2,1-2H3. The minimum atomic E-state index is -1.10. The molecule has 0 bridgehead atoms. The number of fused-ring (bicyclic) bond motifs is 1. The lowest BCUT2D eigenvalue weighted by Crippen LogP contribution is -2.65. The van der Waals surface area contributed by atoms with Gasteiger partial charge in [-0.2, -0.15) is 10.2 Å². The van der Waals surface area contributed by atoms with Gasteiger partial charge in [0.15, 0.2) is 12.4 Å². The summed E-state index contributed by atoms with van der Waals surface area (Å²) in [7, 11) is 2.87. The molecular formula is C34H32Cl2F2N6O5. The van der Waals surface area contributed by atoms with Crippen LogP contribution in [-0.2, 0) is 16.0 Å². The van der Waals surface area contributed by atoms with E-state index in [0.717, 1.165) is 11.6 Å². The Morgan fingerprint density at radius 3 is 2.55 bits per heavy atom. The summed E-state index contributed by atoms with van der Waals surface area (Å²) in [5.74, 6) is -2.11. The van der Waals surface area contributed by atoms with Crippen LogP contribution < -0.4 is 9.64 Å². The number of halogens is 4. The topological polar surface area (TPSA) is 132 Å². The highest BCUT2D eigenvalue weighted by Gasteiger charge is 2.43. The summed E-state index contributed by atoms with van der Waals surface area (Å²) in [5.41, 5.74) is 0.0819. The number of amides is 2. The van der Waals surface area contributed by atoms with Crippen molar-refractivity contribution in [3.05, 3.63) is 82.1 Å². The fourth-order valence-electron chi connectivity index (χ4n) is 5.98. The molecule has 0 aliphatic carbocycles. The maximum atomic E-state index is 16.5. The highest BCUT2D eigenvalue weighted by Crippen LogP contribution is 2.43. The van der Waals surface area contributed by atoms with Crippen molar-refractivity contribution in [3.63, 3.8) is 0 Å². The molecule has 15 heteroatoms. The van der Waals surface area contributed by atoms with Gasteiger partial charge in [-0.15, -0.1) is 0 Å². The Hall–Kier alpha value is -4.77. The first-order valence-electron chi connectivity index (χ1n) is 15.2. The quantitative estimate of drug-likeness (QED) is 0.212. The van der Waals surface area contributed by atoms with E-state index in [1.165, 1.54) is 35.1 Å². The van der Waals surface area contributed by atoms with E-state index in [1.807, 2.05) is 30.3 Å². The number of likely N-dealkylation sites (N-methyl/N-ethyl adjacent to an activating group) is 1. The SMILES string of the molecule is COc1cccc(F)c1-c1c(Cl)cc2c(N3CC(Cc4ccccc4)N(C(=O)OCC#N)CC3C(=O)N(C)CCCO)nc(Cl)nc2c1F. The monoisotopic (exact) mass is 712 g/mol. The maximum Gasteiger partial charge on any atom is 0.411 e. The lowest BCUT2D eigenvalue weighted by molar-refractivity contribution is -0.132. The van der Waals surface area contributed by atoms with E-state index in [0.29, 0.717) is 12.8 Å². The number of carbonyl (C=O) groups is 2. The number of aromatic nitrogens is 2. The van der Waals surface area contributed by atoms with Crippen LogP contribution in [0.25, 0.3) is 22.0 Å². The highest BCUT2D eigenvalue weighted by atomic mass is 35.5. The number of benzene rings is 3. The molecule has 1 N–H and O–H groups in total. The van der Waals surface area contributed by atoms with Gasteiger partial charge in [-0.05, 0) is 48.2 Å². The van der Waals surface area contributed by atoms with Crippen molar-refractivity contribution in [1.82, 2.24) is 19.8 Å². The summed E-state index contributed by atoms with van der Waals surface area (Å²) in [5, 5.41) is 18.0. The number of methoxy groups -OCH3 is 1. The van der Waals surface area contributed by atoms with Crippen LogP contribution in [0.4, 0.5) is 19.4 Å². The maximum absolute atomic E-state index is 16.5. The summed E-state index contributed by atoms with van der Waals surface area (Å²) in [6.45, 7) is -0.660. The van der Waals surface area contributed by atoms with Gasteiger partial charge in [-0.25, -0.2) is 18.6 Å². The molecule has 0 spiro atoms. The van der Waals surface area contributed by atoms with Crippen molar-refractivity contribution < 1.29 is 33.0 Å². The number of anilines is 1. The van der Waals surface area contributed by atoms with Gasteiger partial charge in [-0.3, -0.25) is 4.79 Å². The molecule has 2 amide bonds. The fraction of sp³-hybridized carbons (Fsp3) is 0.324. The number of piperazine rings is 1. The molecule has 5 rings (SSSR count). The molecule has 0 saturated carbocycles. The first-order chi connectivity index (χ1) is 23.6. The van der Waals surface area contributed by atoms with Crippen molar-refractivity contribution >= 4 is 51.9 Å². The lowest BCUT2D eigenvalue weighted by Gasteiger charge is -2.46. The number of nitriles is 1. The van der Waals surface area contributed by atoms with Gasteiger partial charge in [0.05, 0.1) is 30.3 Å². The summed E-state index contributed by atoms with van der Waals surface area (Å²) in [6.07, 6.45) is -0.171. The summed E-state index contributed by atoms with van der Waals surface area (Å²) in [4.78, 5) is 40.4.